The number of guanidine groups is 1. The van der Waals surface area contributed by atoms with E-state index in [1.54, 1.807) is 12.1 Å². The normalized spacial score (nSPS) is 15.9. The zero-order valence-corrected chi connectivity index (χ0v) is 21.7. The highest BCUT2D eigenvalue weighted by molar-refractivity contribution is 14.0. The number of halogens is 3. The van der Waals surface area contributed by atoms with Crippen LogP contribution in [0.2, 0.25) is 0 Å². The number of hydrogen-bond donors (Lipinski definition) is 2. The van der Waals surface area contributed by atoms with Crippen LogP contribution in [0.15, 0.2) is 23.2 Å². The molecule has 0 aromatic heterocycles. The Morgan fingerprint density at radius 1 is 1.19 bits per heavy atom. The summed E-state index contributed by atoms with van der Waals surface area (Å²) in [4.78, 5) is 7.24. The average Bonchev–Trinajstić information content (AvgIpc) is 2.74. The fourth-order valence-corrected chi connectivity index (χ4v) is 3.57. The van der Waals surface area contributed by atoms with Crippen LogP contribution >= 0.6 is 24.0 Å². The second-order valence-corrected chi connectivity index (χ2v) is 7.72. The SMILES string of the molecule is CCNC(=NCC(C(C)C)N1CCOCC1)NCCc1ccc(OC)c(OC(F)F)c1.I. The van der Waals surface area contributed by atoms with Crippen molar-refractivity contribution in [2.45, 2.75) is 39.8 Å². The molecule has 0 aliphatic carbocycles. The minimum atomic E-state index is -2.89. The van der Waals surface area contributed by atoms with Crippen molar-refractivity contribution < 1.29 is 23.0 Å². The van der Waals surface area contributed by atoms with E-state index in [1.807, 2.05) is 13.0 Å². The lowest BCUT2D eigenvalue weighted by molar-refractivity contribution is -0.0512. The lowest BCUT2D eigenvalue weighted by Crippen LogP contribution is -2.48. The summed E-state index contributed by atoms with van der Waals surface area (Å²) >= 11 is 0. The van der Waals surface area contributed by atoms with E-state index < -0.39 is 6.61 Å². The number of hydrogen-bond acceptors (Lipinski definition) is 5. The molecule has 1 aliphatic rings. The molecule has 10 heteroatoms. The largest absolute Gasteiger partial charge is 0.493 e. The van der Waals surface area contributed by atoms with Crippen LogP contribution in [-0.2, 0) is 11.2 Å². The van der Waals surface area contributed by atoms with Crippen LogP contribution in [-0.4, -0.2) is 76.6 Å². The van der Waals surface area contributed by atoms with Gasteiger partial charge in [-0.25, -0.2) is 0 Å². The predicted octanol–water partition coefficient (Wildman–Crippen LogP) is 3.37. The van der Waals surface area contributed by atoms with Crippen molar-refractivity contribution in [1.29, 1.82) is 0 Å². The molecule has 1 aliphatic heterocycles. The maximum absolute atomic E-state index is 12.6. The number of ether oxygens (including phenoxy) is 3. The Hall–Kier alpha value is -1.40. The average molecular weight is 570 g/mol. The Kier molecular flexibility index (Phi) is 13.8. The lowest BCUT2D eigenvalue weighted by atomic mass is 10.0. The van der Waals surface area contributed by atoms with E-state index in [-0.39, 0.29) is 35.5 Å². The van der Waals surface area contributed by atoms with Gasteiger partial charge in [-0.05, 0) is 37.0 Å². The number of methoxy groups -OCH3 is 1. The Bertz CT molecular complexity index is 689. The van der Waals surface area contributed by atoms with Crippen LogP contribution < -0.4 is 20.1 Å². The molecule has 7 nitrogen and oxygen atoms in total. The van der Waals surface area contributed by atoms with Gasteiger partial charge in [0.1, 0.15) is 0 Å². The Morgan fingerprint density at radius 3 is 2.50 bits per heavy atom. The molecule has 0 radical (unpaired) electrons. The molecule has 0 saturated carbocycles. The standard InChI is InChI=1S/C22H36F2N4O3.HI/c1-5-25-22(27-15-18(16(2)3)28-10-12-30-13-11-28)26-9-8-17-6-7-19(29-4)20(14-17)31-21(23)24;/h6-7,14,16,18,21H,5,8-13,15H2,1-4H3,(H2,25,26,27);1H. The Balaban J connectivity index is 0.00000512. The molecule has 32 heavy (non-hydrogen) atoms. The summed E-state index contributed by atoms with van der Waals surface area (Å²) in [6.07, 6.45) is 0.630. The third kappa shape index (κ3) is 9.62. The number of rotatable bonds is 11. The highest BCUT2D eigenvalue weighted by atomic mass is 127. The molecule has 0 amide bonds. The summed E-state index contributed by atoms with van der Waals surface area (Å²) in [5.41, 5.74) is 0.869. The first kappa shape index (κ1) is 28.6. The number of benzene rings is 1. The quantitative estimate of drug-likeness (QED) is 0.242. The van der Waals surface area contributed by atoms with Crippen LogP contribution in [0, 0.1) is 5.92 Å². The third-order valence-corrected chi connectivity index (χ3v) is 5.22. The molecule has 1 aromatic carbocycles. The molecular formula is C22H37F2IN4O3. The fraction of sp³-hybridized carbons (Fsp3) is 0.682. The molecule has 1 atom stereocenters. The zero-order chi connectivity index (χ0) is 22.6. The van der Waals surface area contributed by atoms with Gasteiger partial charge in [0.15, 0.2) is 17.5 Å². The van der Waals surface area contributed by atoms with Gasteiger partial charge in [0.25, 0.3) is 0 Å². The zero-order valence-electron chi connectivity index (χ0n) is 19.4. The van der Waals surface area contributed by atoms with Crippen molar-refractivity contribution in [3.63, 3.8) is 0 Å². The van der Waals surface area contributed by atoms with E-state index in [9.17, 15) is 8.78 Å². The van der Waals surface area contributed by atoms with Crippen LogP contribution in [0.5, 0.6) is 11.5 Å². The minimum absolute atomic E-state index is 0. The van der Waals surface area contributed by atoms with Crippen molar-refractivity contribution in [2.24, 2.45) is 10.9 Å². The second kappa shape index (κ2) is 15.4. The van der Waals surface area contributed by atoms with Gasteiger partial charge in [-0.2, -0.15) is 8.78 Å². The third-order valence-electron chi connectivity index (χ3n) is 5.22. The van der Waals surface area contributed by atoms with E-state index in [0.717, 1.165) is 44.4 Å². The molecular weight excluding hydrogens is 533 g/mol. The molecule has 2 N–H and O–H groups in total. The number of aliphatic imine (C=N–C) groups is 1. The van der Waals surface area contributed by atoms with E-state index in [4.69, 9.17) is 14.5 Å². The topological polar surface area (TPSA) is 67.4 Å². The summed E-state index contributed by atoms with van der Waals surface area (Å²) in [6.45, 7) is 9.03. The first-order chi connectivity index (χ1) is 14.9. The van der Waals surface area contributed by atoms with E-state index in [2.05, 4.69) is 34.1 Å². The highest BCUT2D eigenvalue weighted by Crippen LogP contribution is 2.29. The molecule has 0 bridgehead atoms. The van der Waals surface area contributed by atoms with Crippen molar-refractivity contribution in [1.82, 2.24) is 15.5 Å². The molecule has 0 spiro atoms. The van der Waals surface area contributed by atoms with E-state index in [1.165, 1.54) is 7.11 Å². The maximum Gasteiger partial charge on any atom is 0.387 e. The van der Waals surface area contributed by atoms with Gasteiger partial charge in [0.05, 0.1) is 26.9 Å². The monoisotopic (exact) mass is 570 g/mol. The lowest BCUT2D eigenvalue weighted by Gasteiger charge is -2.36. The summed E-state index contributed by atoms with van der Waals surface area (Å²) in [5.74, 6) is 1.56. The van der Waals surface area contributed by atoms with Crippen molar-refractivity contribution in [3.05, 3.63) is 23.8 Å². The van der Waals surface area contributed by atoms with Crippen LogP contribution in [0.4, 0.5) is 8.78 Å². The smallest absolute Gasteiger partial charge is 0.387 e. The molecule has 1 saturated heterocycles. The van der Waals surface area contributed by atoms with Gasteiger partial charge in [0, 0.05) is 32.2 Å². The van der Waals surface area contributed by atoms with Crippen molar-refractivity contribution in [2.75, 3.05) is 53.0 Å². The van der Waals surface area contributed by atoms with Gasteiger partial charge in [-0.1, -0.05) is 19.9 Å². The van der Waals surface area contributed by atoms with Gasteiger partial charge >= 0.3 is 6.61 Å². The Morgan fingerprint density at radius 2 is 1.91 bits per heavy atom. The molecule has 2 rings (SSSR count). The van der Waals surface area contributed by atoms with Gasteiger partial charge in [-0.15, -0.1) is 24.0 Å². The summed E-state index contributed by atoms with van der Waals surface area (Å²) < 4.78 is 40.4. The van der Waals surface area contributed by atoms with E-state index >= 15 is 0 Å². The first-order valence-electron chi connectivity index (χ1n) is 10.9. The van der Waals surface area contributed by atoms with Crippen molar-refractivity contribution in [3.8, 4) is 11.5 Å². The van der Waals surface area contributed by atoms with Crippen LogP contribution in [0.25, 0.3) is 0 Å². The summed E-state index contributed by atoms with van der Waals surface area (Å²) in [5, 5.41) is 6.60. The number of morpholine rings is 1. The maximum atomic E-state index is 12.6. The number of alkyl halides is 2. The van der Waals surface area contributed by atoms with Gasteiger partial charge in [0.2, 0.25) is 0 Å². The molecule has 1 unspecified atom stereocenters. The van der Waals surface area contributed by atoms with Gasteiger partial charge < -0.3 is 24.8 Å². The number of nitrogens with one attached hydrogen (secondary N) is 2. The highest BCUT2D eigenvalue weighted by Gasteiger charge is 2.23. The first-order valence-corrected chi connectivity index (χ1v) is 10.9. The summed E-state index contributed by atoms with van der Waals surface area (Å²) in [7, 11) is 1.43. The van der Waals surface area contributed by atoms with Gasteiger partial charge in [-0.3, -0.25) is 9.89 Å². The van der Waals surface area contributed by atoms with Crippen molar-refractivity contribution >= 4 is 29.9 Å². The van der Waals surface area contributed by atoms with Crippen LogP contribution in [0.1, 0.15) is 26.3 Å². The second-order valence-electron chi connectivity index (χ2n) is 7.72. The minimum Gasteiger partial charge on any atom is -0.493 e. The van der Waals surface area contributed by atoms with E-state index in [0.29, 0.717) is 31.5 Å². The fourth-order valence-electron chi connectivity index (χ4n) is 3.57. The molecule has 184 valence electrons. The molecule has 1 fully saturated rings. The molecule has 1 aromatic rings. The molecule has 1 heterocycles. The number of nitrogens with zero attached hydrogens (tertiary/aromatic N) is 2. The predicted molar refractivity (Wildman–Crippen MR) is 134 cm³/mol. The van der Waals surface area contributed by atoms with Crippen LogP contribution in [0.3, 0.4) is 0 Å². The Labute approximate surface area is 207 Å². The summed E-state index contributed by atoms with van der Waals surface area (Å²) in [6, 6.07) is 5.43.